The normalized spacial score (nSPS) is 21.6. The van der Waals surface area contributed by atoms with E-state index in [2.05, 4.69) is 0 Å². The molecule has 0 aliphatic carbocycles. The monoisotopic (exact) mass is 456 g/mol. The first-order valence-electron chi connectivity index (χ1n) is 11.2. The van der Waals surface area contributed by atoms with Crippen molar-refractivity contribution in [2.45, 2.75) is 26.0 Å². The lowest BCUT2D eigenvalue weighted by Crippen LogP contribution is -2.37. The van der Waals surface area contributed by atoms with E-state index in [1.807, 2.05) is 61.5 Å². The minimum atomic E-state index is -0.943. The highest BCUT2D eigenvalue weighted by molar-refractivity contribution is 6.24. The van der Waals surface area contributed by atoms with Gasteiger partial charge in [0, 0.05) is 0 Å². The smallest absolute Gasteiger partial charge is 0.338 e. The van der Waals surface area contributed by atoms with Gasteiger partial charge in [-0.15, -0.1) is 0 Å². The number of anilines is 2. The summed E-state index contributed by atoms with van der Waals surface area (Å²) in [5.41, 5.74) is 3.44. The second-order valence-electron chi connectivity index (χ2n) is 8.30. The Kier molecular flexibility index (Phi) is 5.63. The average molecular weight is 456 g/mol. The highest BCUT2D eigenvalue weighted by atomic mass is 16.7. The molecule has 0 bridgehead atoms. The van der Waals surface area contributed by atoms with E-state index in [4.69, 9.17) is 9.57 Å². The maximum atomic E-state index is 13.7. The molecule has 0 spiro atoms. The second-order valence-corrected chi connectivity index (χ2v) is 8.30. The number of hydrogen-bond acceptors (Lipinski definition) is 6. The Morgan fingerprint density at radius 3 is 2.26 bits per heavy atom. The van der Waals surface area contributed by atoms with Gasteiger partial charge in [-0.25, -0.2) is 14.8 Å². The predicted molar refractivity (Wildman–Crippen MR) is 126 cm³/mol. The summed E-state index contributed by atoms with van der Waals surface area (Å²) in [5.74, 6) is -1.91. The zero-order valence-electron chi connectivity index (χ0n) is 18.9. The van der Waals surface area contributed by atoms with Crippen molar-refractivity contribution in [1.82, 2.24) is 0 Å². The number of carbonyl (C=O) groups is 3. The van der Waals surface area contributed by atoms with Crippen molar-refractivity contribution < 1.29 is 24.0 Å². The Balaban J connectivity index is 1.51. The van der Waals surface area contributed by atoms with Crippen LogP contribution in [0.15, 0.2) is 78.9 Å². The van der Waals surface area contributed by atoms with Crippen molar-refractivity contribution in [2.75, 3.05) is 16.6 Å². The van der Waals surface area contributed by atoms with Crippen molar-refractivity contribution in [3.05, 3.63) is 95.6 Å². The summed E-state index contributed by atoms with van der Waals surface area (Å²) >= 11 is 0. The third kappa shape index (κ3) is 3.54. The summed E-state index contributed by atoms with van der Waals surface area (Å²) in [6.45, 7) is 3.97. The number of aryl methyl sites for hydroxylation is 1. The summed E-state index contributed by atoms with van der Waals surface area (Å²) < 4.78 is 5.01. The number of fused-ring (bicyclic) bond motifs is 1. The number of rotatable bonds is 5. The Labute approximate surface area is 197 Å². The standard InChI is InChI=1S/C27H24N2O5/c1-3-33-27(32)19-13-15-20(16-14-19)28-25(30)22-23(18-10-5-4-6-11-18)29(34-24(22)26(28)31)21-12-8-7-9-17(21)2/h4-16,22-24H,3H2,1-2H3/t22-,23-,24-/m1/s1. The quantitative estimate of drug-likeness (QED) is 0.423. The molecule has 0 radical (unpaired) electrons. The van der Waals surface area contributed by atoms with Crippen molar-refractivity contribution in [3.8, 4) is 0 Å². The Morgan fingerprint density at radius 2 is 1.59 bits per heavy atom. The molecule has 0 N–H and O–H groups in total. The molecule has 0 aromatic heterocycles. The number of hydroxylamine groups is 1. The molecule has 34 heavy (non-hydrogen) atoms. The SMILES string of the molecule is CCOC(=O)c1ccc(N2C(=O)[C@@H]3[C@@H](c4ccccc4)N(c4ccccc4C)O[C@H]3C2=O)cc1. The molecule has 2 aliphatic heterocycles. The molecule has 0 unspecified atom stereocenters. The van der Waals surface area contributed by atoms with Gasteiger partial charge in [-0.2, -0.15) is 0 Å². The predicted octanol–water partition coefficient (Wildman–Crippen LogP) is 4.22. The fourth-order valence-electron chi connectivity index (χ4n) is 4.64. The van der Waals surface area contributed by atoms with Crippen molar-refractivity contribution in [3.63, 3.8) is 0 Å². The number of esters is 1. The van der Waals surface area contributed by atoms with Crippen molar-refractivity contribution in [1.29, 1.82) is 0 Å². The molecule has 7 heteroatoms. The third-order valence-electron chi connectivity index (χ3n) is 6.25. The molecule has 5 rings (SSSR count). The number of amides is 2. The van der Waals surface area contributed by atoms with Gasteiger partial charge in [0.1, 0.15) is 5.92 Å². The number of hydrogen-bond donors (Lipinski definition) is 0. The van der Waals surface area contributed by atoms with E-state index in [0.717, 1.165) is 21.7 Å². The lowest BCUT2D eigenvalue weighted by molar-refractivity contribution is -0.126. The molecule has 2 saturated heterocycles. The van der Waals surface area contributed by atoms with Crippen LogP contribution in [-0.2, 0) is 19.2 Å². The fraction of sp³-hybridized carbons (Fsp3) is 0.222. The number of imide groups is 1. The van der Waals surface area contributed by atoms with Gasteiger partial charge in [0.25, 0.3) is 5.91 Å². The summed E-state index contributed by atoms with van der Waals surface area (Å²) in [5, 5.41) is 1.71. The van der Waals surface area contributed by atoms with E-state index in [1.165, 1.54) is 0 Å². The molecule has 0 saturated carbocycles. The summed E-state index contributed by atoms with van der Waals surface area (Å²) in [7, 11) is 0. The van der Waals surface area contributed by atoms with Crippen LogP contribution >= 0.6 is 0 Å². The highest BCUT2D eigenvalue weighted by Crippen LogP contribution is 2.48. The molecular weight excluding hydrogens is 432 g/mol. The van der Waals surface area contributed by atoms with Crippen LogP contribution in [-0.4, -0.2) is 30.5 Å². The molecule has 2 aliphatic rings. The molecule has 3 atom stereocenters. The number of carbonyl (C=O) groups excluding carboxylic acids is 3. The first kappa shape index (κ1) is 21.9. The zero-order chi connectivity index (χ0) is 23.8. The molecule has 2 amide bonds. The lowest BCUT2D eigenvalue weighted by atomic mass is 9.90. The van der Waals surface area contributed by atoms with Gasteiger partial charge < -0.3 is 4.74 Å². The van der Waals surface area contributed by atoms with Gasteiger partial charge in [0.05, 0.1) is 29.6 Å². The Morgan fingerprint density at radius 1 is 0.912 bits per heavy atom. The van der Waals surface area contributed by atoms with Gasteiger partial charge in [0.15, 0.2) is 6.10 Å². The third-order valence-corrected chi connectivity index (χ3v) is 6.25. The maximum Gasteiger partial charge on any atom is 0.338 e. The van der Waals surface area contributed by atoms with E-state index in [0.29, 0.717) is 11.3 Å². The van der Waals surface area contributed by atoms with Crippen LogP contribution in [0.5, 0.6) is 0 Å². The number of nitrogens with zero attached hydrogens (tertiary/aromatic N) is 2. The van der Waals surface area contributed by atoms with E-state index in [-0.39, 0.29) is 12.5 Å². The fourth-order valence-corrected chi connectivity index (χ4v) is 4.64. The highest BCUT2D eigenvalue weighted by Gasteiger charge is 2.60. The van der Waals surface area contributed by atoms with Gasteiger partial charge in [-0.05, 0) is 55.3 Å². The van der Waals surface area contributed by atoms with Gasteiger partial charge in [0.2, 0.25) is 5.91 Å². The van der Waals surface area contributed by atoms with Gasteiger partial charge >= 0.3 is 5.97 Å². The van der Waals surface area contributed by atoms with Crippen LogP contribution in [0.25, 0.3) is 0 Å². The van der Waals surface area contributed by atoms with Crippen LogP contribution in [0.4, 0.5) is 11.4 Å². The Hall–Kier alpha value is -3.97. The minimum Gasteiger partial charge on any atom is -0.462 e. The average Bonchev–Trinajstić information content (AvgIpc) is 3.36. The van der Waals surface area contributed by atoms with Crippen LogP contribution in [0.2, 0.25) is 0 Å². The summed E-state index contributed by atoms with van der Waals surface area (Å²) in [6.07, 6.45) is -0.943. The van der Waals surface area contributed by atoms with Gasteiger partial charge in [-0.3, -0.25) is 14.4 Å². The zero-order valence-corrected chi connectivity index (χ0v) is 18.9. The second kappa shape index (κ2) is 8.76. The lowest BCUT2D eigenvalue weighted by Gasteiger charge is -2.29. The number of benzene rings is 3. The molecule has 7 nitrogen and oxygen atoms in total. The first-order valence-corrected chi connectivity index (χ1v) is 11.2. The summed E-state index contributed by atoms with van der Waals surface area (Å²) in [6, 6.07) is 23.1. The molecular formula is C27H24N2O5. The van der Waals surface area contributed by atoms with Gasteiger partial charge in [-0.1, -0.05) is 48.5 Å². The molecule has 172 valence electrons. The largest absolute Gasteiger partial charge is 0.462 e. The van der Waals surface area contributed by atoms with E-state index in [1.54, 1.807) is 36.3 Å². The van der Waals surface area contributed by atoms with Crippen molar-refractivity contribution >= 4 is 29.2 Å². The molecule has 3 aromatic carbocycles. The topological polar surface area (TPSA) is 76.2 Å². The summed E-state index contributed by atoms with van der Waals surface area (Å²) in [4.78, 5) is 46.4. The van der Waals surface area contributed by atoms with Crippen LogP contribution < -0.4 is 9.96 Å². The maximum absolute atomic E-state index is 13.7. The Bertz CT molecular complexity index is 1240. The van der Waals surface area contributed by atoms with E-state index in [9.17, 15) is 14.4 Å². The number of para-hydroxylation sites is 1. The minimum absolute atomic E-state index is 0.267. The van der Waals surface area contributed by atoms with Crippen LogP contribution in [0, 0.1) is 12.8 Å². The molecule has 3 aromatic rings. The first-order chi connectivity index (χ1) is 16.5. The van der Waals surface area contributed by atoms with Crippen LogP contribution in [0.1, 0.15) is 34.5 Å². The molecule has 2 heterocycles. The van der Waals surface area contributed by atoms with E-state index < -0.39 is 29.9 Å². The van der Waals surface area contributed by atoms with Crippen LogP contribution in [0.3, 0.4) is 0 Å². The van der Waals surface area contributed by atoms with E-state index >= 15 is 0 Å². The van der Waals surface area contributed by atoms with Crippen molar-refractivity contribution in [2.24, 2.45) is 5.92 Å². The number of ether oxygens (including phenoxy) is 1. The molecule has 2 fully saturated rings.